The molecule has 2 aromatic rings. The first kappa shape index (κ1) is 14.7. The van der Waals surface area contributed by atoms with E-state index >= 15 is 0 Å². The van der Waals surface area contributed by atoms with Crippen molar-refractivity contribution in [3.63, 3.8) is 0 Å². The van der Waals surface area contributed by atoms with E-state index in [1.54, 1.807) is 4.57 Å². The van der Waals surface area contributed by atoms with Crippen LogP contribution in [0.25, 0.3) is 11.0 Å². The number of likely N-dealkylation sites (tertiary alicyclic amines) is 1. The summed E-state index contributed by atoms with van der Waals surface area (Å²) in [5.74, 6) is -0.147. The summed E-state index contributed by atoms with van der Waals surface area (Å²) in [5.41, 5.74) is 0.957. The van der Waals surface area contributed by atoms with Crippen molar-refractivity contribution in [3.05, 3.63) is 29.8 Å². The molecule has 0 bridgehead atoms. The van der Waals surface area contributed by atoms with Crippen molar-refractivity contribution in [2.45, 2.75) is 31.8 Å². The van der Waals surface area contributed by atoms with Crippen LogP contribution in [0.1, 0.15) is 12.2 Å². The van der Waals surface area contributed by atoms with Crippen LogP contribution < -0.4 is 0 Å². The van der Waals surface area contributed by atoms with Gasteiger partial charge in [-0.2, -0.15) is 0 Å². The summed E-state index contributed by atoms with van der Waals surface area (Å²) in [4.78, 5) is 16.4. The van der Waals surface area contributed by atoms with E-state index in [1.807, 2.05) is 0 Å². The van der Waals surface area contributed by atoms with Gasteiger partial charge in [0.15, 0.2) is 0 Å². The van der Waals surface area contributed by atoms with Gasteiger partial charge in [-0.1, -0.05) is 0 Å². The summed E-state index contributed by atoms with van der Waals surface area (Å²) in [6.45, 7) is -0.352. The SMILES string of the molecule is O=C(O)N1CC(F)CC1Cn1c(CO)nc2cc(F)ccc21. The van der Waals surface area contributed by atoms with E-state index in [-0.39, 0.29) is 26.1 Å². The van der Waals surface area contributed by atoms with Gasteiger partial charge in [0.1, 0.15) is 24.4 Å². The molecule has 0 saturated carbocycles. The van der Waals surface area contributed by atoms with Gasteiger partial charge in [0.05, 0.1) is 23.6 Å². The number of carbonyl (C=O) groups is 1. The number of hydrogen-bond donors (Lipinski definition) is 2. The number of aliphatic hydroxyl groups excluding tert-OH is 1. The molecule has 3 rings (SSSR count). The Labute approximate surface area is 124 Å². The van der Waals surface area contributed by atoms with Gasteiger partial charge in [-0.3, -0.25) is 0 Å². The second kappa shape index (κ2) is 5.53. The lowest BCUT2D eigenvalue weighted by Crippen LogP contribution is -2.37. The van der Waals surface area contributed by atoms with Crippen molar-refractivity contribution in [1.82, 2.24) is 14.5 Å². The van der Waals surface area contributed by atoms with Crippen molar-refractivity contribution >= 4 is 17.1 Å². The summed E-state index contributed by atoms with van der Waals surface area (Å²) in [6.07, 6.45) is -2.28. The molecule has 118 valence electrons. The van der Waals surface area contributed by atoms with Crippen molar-refractivity contribution in [3.8, 4) is 0 Å². The molecule has 1 saturated heterocycles. The molecule has 1 fully saturated rings. The molecule has 0 radical (unpaired) electrons. The average Bonchev–Trinajstić information content (AvgIpc) is 3.00. The lowest BCUT2D eigenvalue weighted by molar-refractivity contribution is 0.134. The average molecular weight is 311 g/mol. The van der Waals surface area contributed by atoms with Gasteiger partial charge < -0.3 is 19.7 Å². The zero-order chi connectivity index (χ0) is 15.9. The number of rotatable bonds is 3. The minimum Gasteiger partial charge on any atom is -0.465 e. The van der Waals surface area contributed by atoms with Crippen LogP contribution in [0, 0.1) is 5.82 Å². The smallest absolute Gasteiger partial charge is 0.407 e. The molecule has 6 nitrogen and oxygen atoms in total. The Balaban J connectivity index is 1.97. The predicted molar refractivity (Wildman–Crippen MR) is 73.6 cm³/mol. The van der Waals surface area contributed by atoms with Gasteiger partial charge in [-0.15, -0.1) is 0 Å². The Morgan fingerprint density at radius 1 is 1.45 bits per heavy atom. The van der Waals surface area contributed by atoms with E-state index in [2.05, 4.69) is 4.98 Å². The van der Waals surface area contributed by atoms with E-state index < -0.39 is 24.1 Å². The minimum absolute atomic E-state index is 0.0953. The number of nitrogens with zero attached hydrogens (tertiary/aromatic N) is 3. The number of benzene rings is 1. The van der Waals surface area contributed by atoms with Crippen LogP contribution in [-0.2, 0) is 13.2 Å². The highest BCUT2D eigenvalue weighted by Gasteiger charge is 2.36. The van der Waals surface area contributed by atoms with E-state index in [9.17, 15) is 18.7 Å². The van der Waals surface area contributed by atoms with Crippen molar-refractivity contribution in [2.24, 2.45) is 0 Å². The maximum Gasteiger partial charge on any atom is 0.407 e. The highest BCUT2D eigenvalue weighted by molar-refractivity contribution is 5.76. The third kappa shape index (κ3) is 2.50. The Morgan fingerprint density at radius 3 is 2.91 bits per heavy atom. The third-order valence-electron chi connectivity index (χ3n) is 3.93. The molecule has 2 heterocycles. The Morgan fingerprint density at radius 2 is 2.23 bits per heavy atom. The molecule has 2 atom stereocenters. The molecule has 8 heteroatoms. The van der Waals surface area contributed by atoms with Gasteiger partial charge in [0.25, 0.3) is 0 Å². The first-order valence-corrected chi connectivity index (χ1v) is 6.88. The Bertz CT molecular complexity index is 719. The molecule has 0 aliphatic carbocycles. The number of amides is 1. The lowest BCUT2D eigenvalue weighted by Gasteiger charge is -2.22. The van der Waals surface area contributed by atoms with Crippen molar-refractivity contribution < 1.29 is 23.8 Å². The van der Waals surface area contributed by atoms with Crippen molar-refractivity contribution in [1.29, 1.82) is 0 Å². The second-order valence-electron chi connectivity index (χ2n) is 5.35. The van der Waals surface area contributed by atoms with Crippen LogP contribution in [0.15, 0.2) is 18.2 Å². The monoisotopic (exact) mass is 311 g/mol. The molecule has 1 aromatic carbocycles. The summed E-state index contributed by atoms with van der Waals surface area (Å²) >= 11 is 0. The maximum atomic E-state index is 13.5. The first-order chi connectivity index (χ1) is 10.5. The molecule has 1 aliphatic rings. The predicted octanol–water partition coefficient (Wildman–Crippen LogP) is 1.76. The largest absolute Gasteiger partial charge is 0.465 e. The molecule has 2 N–H and O–H groups in total. The third-order valence-corrected chi connectivity index (χ3v) is 3.93. The van der Waals surface area contributed by atoms with Crippen LogP contribution in [0.2, 0.25) is 0 Å². The van der Waals surface area contributed by atoms with Gasteiger partial charge in [0, 0.05) is 19.0 Å². The van der Waals surface area contributed by atoms with Gasteiger partial charge in [-0.05, 0) is 12.1 Å². The summed E-state index contributed by atoms with van der Waals surface area (Å²) in [7, 11) is 0. The fraction of sp³-hybridized carbons (Fsp3) is 0.429. The summed E-state index contributed by atoms with van der Waals surface area (Å²) < 4.78 is 28.4. The van der Waals surface area contributed by atoms with E-state index in [4.69, 9.17) is 5.11 Å². The number of imidazole rings is 1. The zero-order valence-corrected chi connectivity index (χ0v) is 11.6. The molecule has 1 amide bonds. The minimum atomic E-state index is -1.20. The van der Waals surface area contributed by atoms with Gasteiger partial charge in [-0.25, -0.2) is 18.6 Å². The molecular formula is C14H15F2N3O3. The van der Waals surface area contributed by atoms with E-state index in [0.717, 1.165) is 4.90 Å². The van der Waals surface area contributed by atoms with Crippen molar-refractivity contribution in [2.75, 3.05) is 6.54 Å². The molecule has 0 spiro atoms. The van der Waals surface area contributed by atoms with E-state index in [1.165, 1.54) is 18.2 Å². The van der Waals surface area contributed by atoms with Crippen LogP contribution in [0.4, 0.5) is 13.6 Å². The number of halogens is 2. The number of hydrogen-bond acceptors (Lipinski definition) is 3. The quantitative estimate of drug-likeness (QED) is 0.905. The topological polar surface area (TPSA) is 78.6 Å². The fourth-order valence-corrected chi connectivity index (χ4v) is 2.95. The van der Waals surface area contributed by atoms with Crippen LogP contribution in [0.3, 0.4) is 0 Å². The summed E-state index contributed by atoms with van der Waals surface area (Å²) in [6, 6.07) is 3.49. The van der Waals surface area contributed by atoms with Crippen LogP contribution >= 0.6 is 0 Å². The van der Waals surface area contributed by atoms with Gasteiger partial charge >= 0.3 is 6.09 Å². The number of aliphatic hydroxyl groups is 1. The van der Waals surface area contributed by atoms with Gasteiger partial charge in [0.2, 0.25) is 0 Å². The Hall–Kier alpha value is -2.22. The normalized spacial score (nSPS) is 21.7. The number of alkyl halides is 1. The molecule has 1 aromatic heterocycles. The molecule has 1 aliphatic heterocycles. The van der Waals surface area contributed by atoms with Crippen LogP contribution in [0.5, 0.6) is 0 Å². The summed E-state index contributed by atoms with van der Waals surface area (Å²) in [5, 5.41) is 18.6. The number of fused-ring (bicyclic) bond motifs is 1. The standard InChI is InChI=1S/C14H15F2N3O3/c15-8-1-2-12-11(4-8)17-13(7-20)19(12)6-10-3-9(16)5-18(10)14(21)22/h1-2,4,9-10,20H,3,5-7H2,(H,21,22). The maximum absolute atomic E-state index is 13.5. The molecule has 2 unspecified atom stereocenters. The molecule has 22 heavy (non-hydrogen) atoms. The molecular weight excluding hydrogens is 296 g/mol. The Kier molecular flexibility index (Phi) is 3.69. The highest BCUT2D eigenvalue weighted by atomic mass is 19.1. The first-order valence-electron chi connectivity index (χ1n) is 6.88. The highest BCUT2D eigenvalue weighted by Crippen LogP contribution is 2.25. The number of carboxylic acid groups (broad SMARTS) is 1. The number of aromatic nitrogens is 2. The fourth-order valence-electron chi connectivity index (χ4n) is 2.95. The lowest BCUT2D eigenvalue weighted by atomic mass is 10.2. The van der Waals surface area contributed by atoms with Crippen LogP contribution in [-0.4, -0.2) is 49.5 Å². The van der Waals surface area contributed by atoms with E-state index in [0.29, 0.717) is 16.9 Å². The zero-order valence-electron chi connectivity index (χ0n) is 11.6. The second-order valence-corrected chi connectivity index (χ2v) is 5.35.